The fourth-order valence-electron chi connectivity index (χ4n) is 1.74. The maximum atomic E-state index is 12.8. The lowest BCUT2D eigenvalue weighted by molar-refractivity contribution is -0.132. The molecule has 0 aliphatic heterocycles. The summed E-state index contributed by atoms with van der Waals surface area (Å²) in [7, 11) is 3.12. The summed E-state index contributed by atoms with van der Waals surface area (Å²) in [6.07, 6.45) is 0. The standard InChI is InChI=1S/C15H16FN5O3S2/c1-8(22)11(12(23)21(2)3)25-15-20-19-14(26-15)18-13(24)17-10-6-4-9(16)5-7-10/h4-7,11H,1-3H3,(H2,17,18,19,24). The highest BCUT2D eigenvalue weighted by Crippen LogP contribution is 2.30. The monoisotopic (exact) mass is 397 g/mol. The SMILES string of the molecule is CC(=O)C(Sc1nnc(NC(=O)Nc2ccc(F)cc2)s1)C(=O)N(C)C. The molecular formula is C15H16FN5O3S2. The van der Waals surface area contributed by atoms with Crippen molar-refractivity contribution in [2.24, 2.45) is 0 Å². The third kappa shape index (κ3) is 5.49. The van der Waals surface area contributed by atoms with Gasteiger partial charge in [-0.3, -0.25) is 14.9 Å². The molecule has 2 rings (SSSR count). The van der Waals surface area contributed by atoms with Gasteiger partial charge >= 0.3 is 6.03 Å². The van der Waals surface area contributed by atoms with Crippen molar-refractivity contribution in [1.29, 1.82) is 0 Å². The molecule has 0 radical (unpaired) electrons. The van der Waals surface area contributed by atoms with Gasteiger partial charge in [-0.1, -0.05) is 23.1 Å². The van der Waals surface area contributed by atoms with Gasteiger partial charge in [-0.15, -0.1) is 10.2 Å². The van der Waals surface area contributed by atoms with E-state index in [-0.39, 0.29) is 16.8 Å². The van der Waals surface area contributed by atoms with Crippen molar-refractivity contribution in [2.75, 3.05) is 24.7 Å². The second-order valence-electron chi connectivity index (χ2n) is 5.30. The molecule has 8 nitrogen and oxygen atoms in total. The third-order valence-electron chi connectivity index (χ3n) is 2.98. The first-order chi connectivity index (χ1) is 12.3. The lowest BCUT2D eigenvalue weighted by Gasteiger charge is -2.16. The molecule has 3 amide bonds. The molecule has 2 N–H and O–H groups in total. The first-order valence-corrected chi connectivity index (χ1v) is 9.01. The molecule has 0 saturated carbocycles. The average Bonchev–Trinajstić information content (AvgIpc) is 3.00. The molecule has 0 saturated heterocycles. The summed E-state index contributed by atoms with van der Waals surface area (Å²) < 4.78 is 13.2. The summed E-state index contributed by atoms with van der Waals surface area (Å²) in [4.78, 5) is 37.0. The van der Waals surface area contributed by atoms with Crippen LogP contribution in [0.5, 0.6) is 0 Å². The van der Waals surface area contributed by atoms with E-state index < -0.39 is 17.1 Å². The molecular weight excluding hydrogens is 381 g/mol. The Balaban J connectivity index is 1.98. The van der Waals surface area contributed by atoms with Gasteiger partial charge < -0.3 is 10.2 Å². The van der Waals surface area contributed by atoms with Crippen molar-refractivity contribution < 1.29 is 18.8 Å². The first kappa shape index (κ1) is 19.8. The van der Waals surface area contributed by atoms with Crippen molar-refractivity contribution in [1.82, 2.24) is 15.1 Å². The predicted octanol–water partition coefficient (Wildman–Crippen LogP) is 2.46. The number of carbonyl (C=O) groups excluding carboxylic acids is 3. The van der Waals surface area contributed by atoms with E-state index in [4.69, 9.17) is 0 Å². The van der Waals surface area contributed by atoms with E-state index in [2.05, 4.69) is 20.8 Å². The summed E-state index contributed by atoms with van der Waals surface area (Å²) >= 11 is 2.01. The van der Waals surface area contributed by atoms with Crippen molar-refractivity contribution in [3.63, 3.8) is 0 Å². The average molecular weight is 397 g/mol. The summed E-state index contributed by atoms with van der Waals surface area (Å²) in [6, 6.07) is 4.70. The van der Waals surface area contributed by atoms with Crippen LogP contribution in [0.1, 0.15) is 6.92 Å². The van der Waals surface area contributed by atoms with Gasteiger partial charge in [-0.25, -0.2) is 9.18 Å². The Kier molecular flexibility index (Phi) is 6.64. The molecule has 0 bridgehead atoms. The summed E-state index contributed by atoms with van der Waals surface area (Å²) in [6.45, 7) is 1.33. The van der Waals surface area contributed by atoms with Gasteiger partial charge in [-0.05, 0) is 31.2 Å². The van der Waals surface area contributed by atoms with Gasteiger partial charge in [0.15, 0.2) is 10.1 Å². The smallest absolute Gasteiger partial charge is 0.325 e. The zero-order chi connectivity index (χ0) is 19.3. The number of ketones is 1. The number of carbonyl (C=O) groups is 3. The minimum absolute atomic E-state index is 0.201. The van der Waals surface area contributed by atoms with Crippen molar-refractivity contribution in [3.8, 4) is 0 Å². The Morgan fingerprint density at radius 3 is 2.38 bits per heavy atom. The molecule has 138 valence electrons. The van der Waals surface area contributed by atoms with Crippen LogP contribution in [0.4, 0.5) is 20.0 Å². The highest BCUT2D eigenvalue weighted by molar-refractivity contribution is 8.03. The maximum Gasteiger partial charge on any atom is 0.325 e. The first-order valence-electron chi connectivity index (χ1n) is 7.31. The Labute approximate surface area is 157 Å². The topological polar surface area (TPSA) is 104 Å². The van der Waals surface area contributed by atoms with Crippen LogP contribution in [0.3, 0.4) is 0 Å². The van der Waals surface area contributed by atoms with Gasteiger partial charge in [0, 0.05) is 19.8 Å². The molecule has 2 aromatic rings. The number of nitrogens with one attached hydrogen (secondary N) is 2. The molecule has 1 aromatic carbocycles. The number of benzene rings is 1. The molecule has 1 heterocycles. The van der Waals surface area contributed by atoms with E-state index in [0.29, 0.717) is 10.0 Å². The number of nitrogens with zero attached hydrogens (tertiary/aromatic N) is 3. The summed E-state index contributed by atoms with van der Waals surface area (Å²) in [5.74, 6) is -1.05. The molecule has 1 aromatic heterocycles. The number of amides is 3. The normalized spacial score (nSPS) is 11.5. The zero-order valence-electron chi connectivity index (χ0n) is 14.1. The van der Waals surface area contributed by atoms with E-state index >= 15 is 0 Å². The minimum atomic E-state index is -0.918. The second kappa shape index (κ2) is 8.72. The molecule has 0 fully saturated rings. The van der Waals surface area contributed by atoms with Gasteiger partial charge in [0.05, 0.1) is 0 Å². The Bertz CT molecular complexity index is 810. The van der Waals surface area contributed by atoms with Gasteiger partial charge in [0.2, 0.25) is 11.0 Å². The van der Waals surface area contributed by atoms with Crippen LogP contribution in [0.15, 0.2) is 28.6 Å². The zero-order valence-corrected chi connectivity index (χ0v) is 15.8. The molecule has 0 spiro atoms. The fraction of sp³-hybridized carbons (Fsp3) is 0.267. The van der Waals surface area contributed by atoms with E-state index in [1.54, 1.807) is 14.1 Å². The van der Waals surface area contributed by atoms with Crippen LogP contribution in [-0.4, -0.2) is 52.2 Å². The molecule has 0 aliphatic rings. The van der Waals surface area contributed by atoms with Gasteiger partial charge in [0.1, 0.15) is 11.1 Å². The van der Waals surface area contributed by atoms with Crippen LogP contribution in [0.25, 0.3) is 0 Å². The van der Waals surface area contributed by atoms with E-state index in [9.17, 15) is 18.8 Å². The number of Topliss-reactive ketones (excluding diaryl/α,β-unsaturated/α-hetero) is 1. The van der Waals surface area contributed by atoms with Crippen LogP contribution in [-0.2, 0) is 9.59 Å². The second-order valence-corrected chi connectivity index (χ2v) is 7.63. The third-order valence-corrected chi connectivity index (χ3v) is 5.21. The number of rotatable bonds is 6. The Morgan fingerprint density at radius 2 is 1.81 bits per heavy atom. The number of anilines is 2. The number of hydrogen-bond donors (Lipinski definition) is 2. The highest BCUT2D eigenvalue weighted by atomic mass is 32.2. The van der Waals surface area contributed by atoms with Gasteiger partial charge in [-0.2, -0.15) is 0 Å². The maximum absolute atomic E-state index is 12.8. The molecule has 1 atom stereocenters. The van der Waals surface area contributed by atoms with Crippen LogP contribution < -0.4 is 10.6 Å². The highest BCUT2D eigenvalue weighted by Gasteiger charge is 2.27. The molecule has 11 heteroatoms. The summed E-state index contributed by atoms with van der Waals surface area (Å²) in [5.41, 5.74) is 0.413. The number of thioether (sulfide) groups is 1. The van der Waals surface area contributed by atoms with Crippen molar-refractivity contribution in [3.05, 3.63) is 30.1 Å². The molecule has 1 unspecified atom stereocenters. The van der Waals surface area contributed by atoms with E-state index in [0.717, 1.165) is 23.1 Å². The quantitative estimate of drug-likeness (QED) is 0.441. The van der Waals surface area contributed by atoms with Gasteiger partial charge in [0.25, 0.3) is 0 Å². The number of halogens is 1. The van der Waals surface area contributed by atoms with Crippen LogP contribution in [0, 0.1) is 5.82 Å². The molecule has 26 heavy (non-hydrogen) atoms. The Hall–Kier alpha value is -2.53. The Morgan fingerprint density at radius 1 is 1.15 bits per heavy atom. The lowest BCUT2D eigenvalue weighted by atomic mass is 10.3. The molecule has 0 aliphatic carbocycles. The number of urea groups is 1. The number of hydrogen-bond acceptors (Lipinski definition) is 7. The summed E-state index contributed by atoms with van der Waals surface area (Å²) in [5, 5.41) is 12.0. The van der Waals surface area contributed by atoms with Crippen molar-refractivity contribution in [2.45, 2.75) is 16.5 Å². The minimum Gasteiger partial charge on any atom is -0.347 e. The van der Waals surface area contributed by atoms with Crippen LogP contribution in [0.2, 0.25) is 0 Å². The van der Waals surface area contributed by atoms with Crippen molar-refractivity contribution >= 4 is 51.6 Å². The lowest BCUT2D eigenvalue weighted by Crippen LogP contribution is -2.35. The number of aromatic nitrogens is 2. The fourth-order valence-corrected chi connectivity index (χ4v) is 3.70. The predicted molar refractivity (Wildman–Crippen MR) is 98.0 cm³/mol. The largest absolute Gasteiger partial charge is 0.347 e. The van der Waals surface area contributed by atoms with E-state index in [1.165, 1.54) is 36.1 Å². The van der Waals surface area contributed by atoms with E-state index in [1.807, 2.05) is 0 Å². The van der Waals surface area contributed by atoms with Crippen LogP contribution >= 0.6 is 23.1 Å².